The zero-order valence-corrected chi connectivity index (χ0v) is 14.2. The molecule has 118 valence electrons. The minimum absolute atomic E-state index is 0.284. The van der Waals surface area contributed by atoms with Gasteiger partial charge in [-0.1, -0.05) is 44.4 Å². The third-order valence-electron chi connectivity index (χ3n) is 4.87. The third kappa shape index (κ3) is 3.60. The molecule has 0 aliphatic heterocycles. The molecule has 2 heteroatoms. The van der Waals surface area contributed by atoms with E-state index in [1.807, 2.05) is 0 Å². The van der Waals surface area contributed by atoms with Crippen molar-refractivity contribution in [2.45, 2.75) is 58.3 Å². The Bertz CT molecular complexity index is 443. The van der Waals surface area contributed by atoms with Crippen LogP contribution in [0.15, 0.2) is 18.2 Å². The number of ether oxygens (including phenoxy) is 1. The molecule has 0 bridgehead atoms. The summed E-state index contributed by atoms with van der Waals surface area (Å²) in [6.45, 7) is 8.89. The Morgan fingerprint density at radius 1 is 1.24 bits per heavy atom. The largest absolute Gasteiger partial charge is 0.496 e. The molecule has 1 aromatic carbocycles. The van der Waals surface area contributed by atoms with Crippen molar-refractivity contribution < 1.29 is 4.74 Å². The number of nitrogens with one attached hydrogen (secondary N) is 1. The van der Waals surface area contributed by atoms with Crippen LogP contribution in [0, 0.1) is 12.8 Å². The molecule has 2 nitrogen and oxygen atoms in total. The fourth-order valence-corrected chi connectivity index (χ4v) is 3.86. The summed E-state index contributed by atoms with van der Waals surface area (Å²) in [5.41, 5.74) is 3.03. The Hall–Kier alpha value is -1.02. The Balaban J connectivity index is 2.21. The minimum atomic E-state index is 0.284. The van der Waals surface area contributed by atoms with E-state index in [0.29, 0.717) is 0 Å². The number of hydrogen-bond acceptors (Lipinski definition) is 2. The lowest BCUT2D eigenvalue weighted by Crippen LogP contribution is -2.49. The smallest absolute Gasteiger partial charge is 0.122 e. The molecule has 0 radical (unpaired) electrons. The molecule has 1 saturated carbocycles. The highest BCUT2D eigenvalue weighted by molar-refractivity contribution is 5.44. The van der Waals surface area contributed by atoms with Crippen LogP contribution in [0.25, 0.3) is 0 Å². The second-order valence-corrected chi connectivity index (χ2v) is 6.72. The van der Waals surface area contributed by atoms with Gasteiger partial charge in [-0.25, -0.2) is 0 Å². The Morgan fingerprint density at radius 3 is 2.62 bits per heavy atom. The molecule has 1 N–H and O–H groups in total. The summed E-state index contributed by atoms with van der Waals surface area (Å²) in [6, 6.07) is 6.63. The van der Waals surface area contributed by atoms with Gasteiger partial charge in [0.15, 0.2) is 0 Å². The van der Waals surface area contributed by atoms with Gasteiger partial charge in [0.05, 0.1) is 7.11 Å². The maximum absolute atomic E-state index is 5.66. The van der Waals surface area contributed by atoms with Crippen LogP contribution in [0.1, 0.15) is 57.1 Å². The number of rotatable bonds is 8. The molecule has 0 amide bonds. The molecule has 2 rings (SSSR count). The van der Waals surface area contributed by atoms with Crippen LogP contribution in [-0.2, 0) is 5.41 Å². The van der Waals surface area contributed by atoms with Crippen molar-refractivity contribution in [1.82, 2.24) is 5.32 Å². The summed E-state index contributed by atoms with van der Waals surface area (Å²) < 4.78 is 5.66. The molecule has 1 fully saturated rings. The normalized spacial score (nSPS) is 24.7. The predicted molar refractivity (Wildman–Crippen MR) is 90.2 cm³/mol. The van der Waals surface area contributed by atoms with E-state index < -0.39 is 0 Å². The Kier molecular flexibility index (Phi) is 5.69. The van der Waals surface area contributed by atoms with E-state index in [0.717, 1.165) is 24.8 Å². The van der Waals surface area contributed by atoms with Crippen molar-refractivity contribution in [3.05, 3.63) is 29.3 Å². The Morgan fingerprint density at radius 2 is 2.00 bits per heavy atom. The maximum atomic E-state index is 5.66. The van der Waals surface area contributed by atoms with E-state index in [-0.39, 0.29) is 5.41 Å². The second kappa shape index (κ2) is 7.31. The van der Waals surface area contributed by atoms with E-state index in [2.05, 4.69) is 44.3 Å². The summed E-state index contributed by atoms with van der Waals surface area (Å²) in [6.07, 6.45) is 6.46. The standard InChI is InChI=1S/C19H31NO/c1-5-7-16-12-19(13-16,14-20-10-6-2)17-11-15(3)8-9-18(17)21-4/h8-9,11,16,20H,5-7,10,12-14H2,1-4H3. The second-order valence-electron chi connectivity index (χ2n) is 6.72. The molecule has 0 atom stereocenters. The van der Waals surface area contributed by atoms with E-state index in [1.165, 1.54) is 43.2 Å². The van der Waals surface area contributed by atoms with Gasteiger partial charge in [0, 0.05) is 17.5 Å². The van der Waals surface area contributed by atoms with Crippen LogP contribution in [0.4, 0.5) is 0 Å². The first-order valence-corrected chi connectivity index (χ1v) is 8.51. The SMILES string of the molecule is CCCNCC1(c2cc(C)ccc2OC)CC(CCC)C1. The quantitative estimate of drug-likeness (QED) is 0.714. The van der Waals surface area contributed by atoms with Crippen molar-refractivity contribution in [3.8, 4) is 5.75 Å². The van der Waals surface area contributed by atoms with E-state index >= 15 is 0 Å². The van der Waals surface area contributed by atoms with Gasteiger partial charge in [-0.2, -0.15) is 0 Å². The third-order valence-corrected chi connectivity index (χ3v) is 4.87. The predicted octanol–water partition coefficient (Wildman–Crippen LogP) is 4.45. The van der Waals surface area contributed by atoms with Crippen LogP contribution in [0.3, 0.4) is 0 Å². The fourth-order valence-electron chi connectivity index (χ4n) is 3.86. The van der Waals surface area contributed by atoms with Gasteiger partial charge >= 0.3 is 0 Å². The summed E-state index contributed by atoms with van der Waals surface area (Å²) in [5.74, 6) is 1.96. The summed E-state index contributed by atoms with van der Waals surface area (Å²) in [4.78, 5) is 0. The minimum Gasteiger partial charge on any atom is -0.496 e. The summed E-state index contributed by atoms with van der Waals surface area (Å²) in [7, 11) is 1.80. The number of hydrogen-bond donors (Lipinski definition) is 1. The summed E-state index contributed by atoms with van der Waals surface area (Å²) >= 11 is 0. The monoisotopic (exact) mass is 289 g/mol. The van der Waals surface area contributed by atoms with E-state index in [9.17, 15) is 0 Å². The van der Waals surface area contributed by atoms with Gasteiger partial charge in [-0.15, -0.1) is 0 Å². The number of methoxy groups -OCH3 is 1. The van der Waals surface area contributed by atoms with Crippen LogP contribution >= 0.6 is 0 Å². The molecule has 1 aliphatic carbocycles. The van der Waals surface area contributed by atoms with E-state index in [1.54, 1.807) is 7.11 Å². The van der Waals surface area contributed by atoms with Crippen molar-refractivity contribution in [3.63, 3.8) is 0 Å². The van der Waals surface area contributed by atoms with Crippen molar-refractivity contribution in [2.24, 2.45) is 5.92 Å². The highest BCUT2D eigenvalue weighted by Gasteiger charge is 2.46. The Labute approximate surface area is 130 Å². The van der Waals surface area contributed by atoms with Crippen molar-refractivity contribution in [2.75, 3.05) is 20.2 Å². The fraction of sp³-hybridized carbons (Fsp3) is 0.684. The van der Waals surface area contributed by atoms with Gasteiger partial charge in [-0.3, -0.25) is 0 Å². The lowest BCUT2D eigenvalue weighted by atomic mass is 9.57. The molecule has 0 heterocycles. The molecule has 0 spiro atoms. The zero-order chi connectivity index (χ0) is 15.3. The van der Waals surface area contributed by atoms with Gasteiger partial charge < -0.3 is 10.1 Å². The molecule has 1 aromatic rings. The lowest BCUT2D eigenvalue weighted by Gasteiger charge is -2.49. The van der Waals surface area contributed by atoms with Gasteiger partial charge in [-0.05, 0) is 44.7 Å². The van der Waals surface area contributed by atoms with Gasteiger partial charge in [0.1, 0.15) is 5.75 Å². The highest BCUT2D eigenvalue weighted by atomic mass is 16.5. The zero-order valence-electron chi connectivity index (χ0n) is 14.2. The van der Waals surface area contributed by atoms with Crippen LogP contribution in [0.5, 0.6) is 5.75 Å². The topological polar surface area (TPSA) is 21.3 Å². The molecule has 0 saturated heterocycles. The maximum Gasteiger partial charge on any atom is 0.122 e. The summed E-state index contributed by atoms with van der Waals surface area (Å²) in [5, 5.41) is 3.65. The highest BCUT2D eigenvalue weighted by Crippen LogP contribution is 2.51. The molecular formula is C19H31NO. The van der Waals surface area contributed by atoms with Crippen LogP contribution < -0.4 is 10.1 Å². The number of benzene rings is 1. The lowest BCUT2D eigenvalue weighted by molar-refractivity contribution is 0.125. The average molecular weight is 289 g/mol. The van der Waals surface area contributed by atoms with Gasteiger partial charge in [0.2, 0.25) is 0 Å². The molecule has 1 aliphatic rings. The van der Waals surface area contributed by atoms with Gasteiger partial charge in [0.25, 0.3) is 0 Å². The number of aryl methyl sites for hydroxylation is 1. The van der Waals surface area contributed by atoms with Crippen molar-refractivity contribution in [1.29, 1.82) is 0 Å². The first kappa shape index (κ1) is 16.4. The molecular weight excluding hydrogens is 258 g/mol. The first-order chi connectivity index (χ1) is 10.1. The first-order valence-electron chi connectivity index (χ1n) is 8.51. The van der Waals surface area contributed by atoms with Crippen LogP contribution in [0.2, 0.25) is 0 Å². The van der Waals surface area contributed by atoms with E-state index in [4.69, 9.17) is 4.74 Å². The van der Waals surface area contributed by atoms with Crippen molar-refractivity contribution >= 4 is 0 Å². The van der Waals surface area contributed by atoms with Crippen LogP contribution in [-0.4, -0.2) is 20.2 Å². The average Bonchev–Trinajstić information content (AvgIpc) is 2.44. The molecule has 0 aromatic heterocycles. The molecule has 0 unspecified atom stereocenters. The molecule has 21 heavy (non-hydrogen) atoms.